The van der Waals surface area contributed by atoms with E-state index in [-0.39, 0.29) is 6.61 Å². The molecule has 0 spiro atoms. The van der Waals surface area contributed by atoms with Gasteiger partial charge in [0.05, 0.1) is 0 Å². The van der Waals surface area contributed by atoms with Crippen molar-refractivity contribution in [1.82, 2.24) is 0 Å². The number of hydrogen-bond donors (Lipinski definition) is 0. The van der Waals surface area contributed by atoms with Crippen molar-refractivity contribution in [2.45, 2.75) is 33.0 Å². The summed E-state index contributed by atoms with van der Waals surface area (Å²) >= 11 is 0. The van der Waals surface area contributed by atoms with Gasteiger partial charge in [0, 0.05) is 17.5 Å². The van der Waals surface area contributed by atoms with Crippen LogP contribution in [0.25, 0.3) is 11.0 Å². The normalized spacial score (nSPS) is 11.9. The Balaban J connectivity index is 1.72. The second kappa shape index (κ2) is 7.87. The van der Waals surface area contributed by atoms with E-state index in [1.807, 2.05) is 50.2 Å². The second-order valence-corrected chi connectivity index (χ2v) is 6.01. The minimum absolute atomic E-state index is 0.200. The molecular formula is C21H20O5. The Hall–Kier alpha value is -3.08. The van der Waals surface area contributed by atoms with Gasteiger partial charge in [0.15, 0.2) is 6.10 Å². The first kappa shape index (κ1) is 17.7. The van der Waals surface area contributed by atoms with Crippen LogP contribution < -0.4 is 10.4 Å². The van der Waals surface area contributed by atoms with Crippen LogP contribution in [-0.2, 0) is 16.1 Å². The van der Waals surface area contributed by atoms with Crippen LogP contribution in [0.4, 0.5) is 0 Å². The number of ether oxygens (including phenoxy) is 2. The lowest BCUT2D eigenvalue weighted by Crippen LogP contribution is -2.28. The topological polar surface area (TPSA) is 65.7 Å². The van der Waals surface area contributed by atoms with Crippen molar-refractivity contribution in [3.05, 3.63) is 76.1 Å². The minimum atomic E-state index is -0.729. The zero-order valence-electron chi connectivity index (χ0n) is 14.7. The molecule has 0 aliphatic heterocycles. The molecule has 0 amide bonds. The van der Waals surface area contributed by atoms with Gasteiger partial charge >= 0.3 is 11.6 Å². The summed E-state index contributed by atoms with van der Waals surface area (Å²) in [4.78, 5) is 23.8. The van der Waals surface area contributed by atoms with Crippen molar-refractivity contribution >= 4 is 16.9 Å². The fourth-order valence-electron chi connectivity index (χ4n) is 2.66. The molecule has 0 aliphatic rings. The summed E-state index contributed by atoms with van der Waals surface area (Å²) in [6.45, 7) is 3.89. The van der Waals surface area contributed by atoms with Crippen molar-refractivity contribution in [2.24, 2.45) is 0 Å². The van der Waals surface area contributed by atoms with Crippen molar-refractivity contribution in [3.8, 4) is 5.75 Å². The Labute approximate surface area is 151 Å². The molecule has 5 heteroatoms. The average molecular weight is 352 g/mol. The molecule has 0 saturated heterocycles. The van der Waals surface area contributed by atoms with Crippen molar-refractivity contribution in [1.29, 1.82) is 0 Å². The Morgan fingerprint density at radius 2 is 1.88 bits per heavy atom. The van der Waals surface area contributed by atoms with Crippen molar-refractivity contribution in [3.63, 3.8) is 0 Å². The molecule has 3 rings (SSSR count). The lowest BCUT2D eigenvalue weighted by molar-refractivity contribution is -0.153. The second-order valence-electron chi connectivity index (χ2n) is 6.01. The summed E-state index contributed by atoms with van der Waals surface area (Å²) in [5.41, 5.74) is 1.76. The third-order valence-corrected chi connectivity index (χ3v) is 4.06. The van der Waals surface area contributed by atoms with Crippen LogP contribution in [0.3, 0.4) is 0 Å². The maximum absolute atomic E-state index is 12.3. The first-order chi connectivity index (χ1) is 12.6. The van der Waals surface area contributed by atoms with E-state index in [1.165, 1.54) is 6.07 Å². The van der Waals surface area contributed by atoms with Gasteiger partial charge in [0.1, 0.15) is 17.9 Å². The molecule has 26 heavy (non-hydrogen) atoms. The van der Waals surface area contributed by atoms with Gasteiger partial charge in [-0.2, -0.15) is 0 Å². The van der Waals surface area contributed by atoms with E-state index in [2.05, 4.69) is 0 Å². The molecule has 0 N–H and O–H groups in total. The monoisotopic (exact) mass is 352 g/mol. The molecule has 0 fully saturated rings. The molecule has 5 nitrogen and oxygen atoms in total. The Morgan fingerprint density at radius 1 is 1.12 bits per heavy atom. The Morgan fingerprint density at radius 3 is 2.62 bits per heavy atom. The highest BCUT2D eigenvalue weighted by molar-refractivity contribution is 5.81. The highest BCUT2D eigenvalue weighted by Gasteiger charge is 2.20. The Bertz CT molecular complexity index is 959. The molecule has 1 unspecified atom stereocenters. The molecule has 0 saturated carbocycles. The molecule has 3 aromatic rings. The number of esters is 1. The fourth-order valence-corrected chi connectivity index (χ4v) is 2.66. The van der Waals surface area contributed by atoms with Crippen molar-refractivity contribution in [2.75, 3.05) is 0 Å². The highest BCUT2D eigenvalue weighted by atomic mass is 16.6. The molecule has 2 aromatic carbocycles. The number of benzene rings is 2. The number of hydrogen-bond acceptors (Lipinski definition) is 5. The van der Waals surface area contributed by atoms with Gasteiger partial charge in [-0.25, -0.2) is 9.59 Å². The van der Waals surface area contributed by atoms with E-state index < -0.39 is 17.7 Å². The molecule has 134 valence electrons. The van der Waals surface area contributed by atoms with Gasteiger partial charge in [-0.3, -0.25) is 0 Å². The number of rotatable bonds is 6. The largest absolute Gasteiger partial charge is 0.479 e. The molecule has 0 aliphatic carbocycles. The van der Waals surface area contributed by atoms with Crippen molar-refractivity contribution < 1.29 is 18.7 Å². The first-order valence-corrected chi connectivity index (χ1v) is 8.48. The van der Waals surface area contributed by atoms with Gasteiger partial charge in [-0.15, -0.1) is 0 Å². The lowest BCUT2D eigenvalue weighted by Gasteiger charge is -2.17. The zero-order chi connectivity index (χ0) is 18.5. The zero-order valence-corrected chi connectivity index (χ0v) is 14.7. The average Bonchev–Trinajstić information content (AvgIpc) is 2.64. The van der Waals surface area contributed by atoms with Crippen LogP contribution in [0.1, 0.15) is 24.5 Å². The lowest BCUT2D eigenvalue weighted by atomic mass is 10.1. The van der Waals surface area contributed by atoms with Gasteiger partial charge in [0.25, 0.3) is 0 Å². The summed E-state index contributed by atoms with van der Waals surface area (Å²) in [5, 5.41) is 0.830. The number of carbonyl (C=O) groups is 1. The standard InChI is InChI=1S/C21H20O5/c1-3-18(21(23)24-13-15-7-5-4-6-8-15)25-16-9-10-17-14(2)11-20(22)26-19(17)12-16/h4-12,18H,3,13H2,1-2H3. The number of carbonyl (C=O) groups excluding carboxylic acids is 1. The molecule has 0 bridgehead atoms. The quantitative estimate of drug-likeness (QED) is 0.495. The van der Waals surface area contributed by atoms with E-state index in [9.17, 15) is 9.59 Å². The minimum Gasteiger partial charge on any atom is -0.479 e. The SMILES string of the molecule is CCC(Oc1ccc2c(C)cc(=O)oc2c1)C(=O)OCc1ccccc1. The summed E-state index contributed by atoms with van der Waals surface area (Å²) in [6, 6.07) is 16.1. The fraction of sp³-hybridized carbons (Fsp3) is 0.238. The molecule has 0 radical (unpaired) electrons. The van der Waals surface area contributed by atoms with Gasteiger partial charge in [-0.05, 0) is 36.6 Å². The van der Waals surface area contributed by atoms with Crippen LogP contribution in [0.2, 0.25) is 0 Å². The van der Waals surface area contributed by atoms with E-state index in [0.717, 1.165) is 16.5 Å². The summed E-state index contributed by atoms with van der Waals surface area (Å²) in [7, 11) is 0. The number of fused-ring (bicyclic) bond motifs is 1. The smallest absolute Gasteiger partial charge is 0.347 e. The summed E-state index contributed by atoms with van der Waals surface area (Å²) in [5.74, 6) is 0.0249. The van der Waals surface area contributed by atoms with Gasteiger partial charge < -0.3 is 13.9 Å². The third-order valence-electron chi connectivity index (χ3n) is 4.06. The third kappa shape index (κ3) is 4.11. The molecule has 1 aromatic heterocycles. The van der Waals surface area contributed by atoms with Crippen LogP contribution in [0, 0.1) is 6.92 Å². The predicted molar refractivity (Wildman–Crippen MR) is 98.2 cm³/mol. The van der Waals surface area contributed by atoms with Crippen LogP contribution in [-0.4, -0.2) is 12.1 Å². The van der Waals surface area contributed by atoms with Crippen LogP contribution in [0.5, 0.6) is 5.75 Å². The van der Waals surface area contributed by atoms with E-state index in [4.69, 9.17) is 13.9 Å². The van der Waals surface area contributed by atoms with Gasteiger partial charge in [0.2, 0.25) is 0 Å². The number of aryl methyl sites for hydroxylation is 1. The first-order valence-electron chi connectivity index (χ1n) is 8.48. The molecule has 1 heterocycles. The molecule has 1 atom stereocenters. The highest BCUT2D eigenvalue weighted by Crippen LogP contribution is 2.23. The Kier molecular flexibility index (Phi) is 5.37. The van der Waals surface area contributed by atoms with Gasteiger partial charge in [-0.1, -0.05) is 37.3 Å². The summed E-state index contributed by atoms with van der Waals surface area (Å²) in [6.07, 6.45) is -0.267. The van der Waals surface area contributed by atoms with Crippen LogP contribution >= 0.6 is 0 Å². The van der Waals surface area contributed by atoms with Crippen LogP contribution in [0.15, 0.2) is 63.8 Å². The predicted octanol–water partition coefficient (Wildman–Crippen LogP) is 4.00. The maximum Gasteiger partial charge on any atom is 0.347 e. The maximum atomic E-state index is 12.3. The molecular weight excluding hydrogens is 332 g/mol. The van der Waals surface area contributed by atoms with E-state index in [0.29, 0.717) is 17.8 Å². The van der Waals surface area contributed by atoms with E-state index in [1.54, 1.807) is 12.1 Å². The summed E-state index contributed by atoms with van der Waals surface area (Å²) < 4.78 is 16.3. The van der Waals surface area contributed by atoms with E-state index >= 15 is 0 Å².